The number of nitrogens with zero attached hydrogens (tertiary/aromatic N) is 1. The number of hydrogen-bond donors (Lipinski definition) is 0. The van der Waals surface area contributed by atoms with E-state index in [0.717, 1.165) is 8.17 Å². The SMILES string of the molecule is Cc1ccc2sc3c(Br)cnc(I)c3c2c1. The Morgan fingerprint density at radius 1 is 1.38 bits per heavy atom. The van der Waals surface area contributed by atoms with Crippen LogP contribution in [0.5, 0.6) is 0 Å². The Labute approximate surface area is 119 Å². The summed E-state index contributed by atoms with van der Waals surface area (Å²) in [6, 6.07) is 6.59. The van der Waals surface area contributed by atoms with E-state index in [1.807, 2.05) is 17.5 Å². The van der Waals surface area contributed by atoms with Crippen LogP contribution in [-0.4, -0.2) is 4.98 Å². The molecule has 1 nitrogen and oxygen atoms in total. The molecule has 0 atom stereocenters. The van der Waals surface area contributed by atoms with Crippen molar-refractivity contribution in [2.45, 2.75) is 6.92 Å². The van der Waals surface area contributed by atoms with Gasteiger partial charge in [0, 0.05) is 21.7 Å². The Hall–Kier alpha value is -0.200. The molecule has 0 spiro atoms. The first-order valence-electron chi connectivity index (χ1n) is 4.79. The molecule has 0 unspecified atom stereocenters. The minimum Gasteiger partial charge on any atom is -0.248 e. The van der Waals surface area contributed by atoms with E-state index in [1.165, 1.54) is 25.7 Å². The number of thiophene rings is 1. The monoisotopic (exact) mass is 403 g/mol. The molecule has 3 aromatic rings. The Balaban J connectivity index is 2.62. The van der Waals surface area contributed by atoms with Crippen molar-refractivity contribution in [1.82, 2.24) is 4.98 Å². The molecule has 0 N–H and O–H groups in total. The summed E-state index contributed by atoms with van der Waals surface area (Å²) in [5.41, 5.74) is 1.29. The van der Waals surface area contributed by atoms with Gasteiger partial charge >= 0.3 is 0 Å². The molecule has 1 aromatic carbocycles. The van der Waals surface area contributed by atoms with E-state index in [0.29, 0.717) is 0 Å². The number of pyridine rings is 1. The van der Waals surface area contributed by atoms with Crippen molar-refractivity contribution >= 4 is 70.0 Å². The van der Waals surface area contributed by atoms with Crippen molar-refractivity contribution in [1.29, 1.82) is 0 Å². The minimum absolute atomic E-state index is 1.08. The molecule has 80 valence electrons. The molecule has 0 aliphatic heterocycles. The van der Waals surface area contributed by atoms with Crippen LogP contribution >= 0.6 is 49.9 Å². The zero-order valence-electron chi connectivity index (χ0n) is 8.42. The summed E-state index contributed by atoms with van der Waals surface area (Å²) < 4.78 is 4.78. The lowest BCUT2D eigenvalue weighted by atomic mass is 10.1. The first-order chi connectivity index (χ1) is 7.66. The lowest BCUT2D eigenvalue weighted by molar-refractivity contribution is 1.30. The van der Waals surface area contributed by atoms with Gasteiger partial charge < -0.3 is 0 Å². The van der Waals surface area contributed by atoms with Gasteiger partial charge in [-0.25, -0.2) is 4.98 Å². The van der Waals surface area contributed by atoms with Crippen LogP contribution in [0.4, 0.5) is 0 Å². The van der Waals surface area contributed by atoms with Gasteiger partial charge in [0.05, 0.1) is 9.17 Å². The van der Waals surface area contributed by atoms with E-state index >= 15 is 0 Å². The molecule has 3 rings (SSSR count). The van der Waals surface area contributed by atoms with Crippen molar-refractivity contribution in [3.05, 3.63) is 38.1 Å². The highest BCUT2D eigenvalue weighted by molar-refractivity contribution is 14.1. The van der Waals surface area contributed by atoms with Crippen LogP contribution in [0.15, 0.2) is 28.9 Å². The Kier molecular flexibility index (Phi) is 2.68. The van der Waals surface area contributed by atoms with Crippen LogP contribution in [0, 0.1) is 10.6 Å². The maximum Gasteiger partial charge on any atom is 0.110 e. The molecule has 0 saturated heterocycles. The van der Waals surface area contributed by atoms with E-state index in [9.17, 15) is 0 Å². The van der Waals surface area contributed by atoms with Crippen molar-refractivity contribution in [2.24, 2.45) is 0 Å². The van der Waals surface area contributed by atoms with Gasteiger partial charge in [0.15, 0.2) is 0 Å². The van der Waals surface area contributed by atoms with Gasteiger partial charge in [-0.2, -0.15) is 0 Å². The Morgan fingerprint density at radius 2 is 2.19 bits per heavy atom. The largest absolute Gasteiger partial charge is 0.248 e. The first-order valence-corrected chi connectivity index (χ1v) is 7.48. The van der Waals surface area contributed by atoms with E-state index in [-0.39, 0.29) is 0 Å². The number of aromatic nitrogens is 1. The number of halogens is 2. The third kappa shape index (κ3) is 1.58. The van der Waals surface area contributed by atoms with Crippen LogP contribution < -0.4 is 0 Å². The first kappa shape index (κ1) is 10.9. The fourth-order valence-corrected chi connectivity index (χ4v) is 4.33. The second kappa shape index (κ2) is 3.92. The van der Waals surface area contributed by atoms with Crippen molar-refractivity contribution in [3.8, 4) is 0 Å². The van der Waals surface area contributed by atoms with E-state index in [4.69, 9.17) is 0 Å². The highest BCUT2D eigenvalue weighted by atomic mass is 127. The normalized spacial score (nSPS) is 11.4. The molecule has 0 saturated carbocycles. The number of aryl methyl sites for hydroxylation is 1. The highest BCUT2D eigenvalue weighted by Gasteiger charge is 2.11. The smallest absolute Gasteiger partial charge is 0.110 e. The minimum atomic E-state index is 1.08. The molecular formula is C12H7BrINS. The lowest BCUT2D eigenvalue weighted by Gasteiger charge is -1.97. The van der Waals surface area contributed by atoms with Gasteiger partial charge in [0.1, 0.15) is 3.70 Å². The molecule has 2 aromatic heterocycles. The van der Waals surface area contributed by atoms with E-state index in [2.05, 4.69) is 68.6 Å². The summed E-state index contributed by atoms with van der Waals surface area (Å²) in [5.74, 6) is 0. The molecule has 0 bridgehead atoms. The molecule has 0 aliphatic rings. The third-order valence-electron chi connectivity index (χ3n) is 2.56. The zero-order chi connectivity index (χ0) is 11.3. The van der Waals surface area contributed by atoms with Crippen molar-refractivity contribution in [2.75, 3.05) is 0 Å². The molecule has 2 heterocycles. The number of benzene rings is 1. The van der Waals surface area contributed by atoms with Crippen molar-refractivity contribution < 1.29 is 0 Å². The standard InChI is InChI=1S/C12H7BrINS/c1-6-2-3-9-7(4-6)10-11(16-9)8(13)5-15-12(10)14/h2-5H,1H3. The van der Waals surface area contributed by atoms with Crippen LogP contribution in [-0.2, 0) is 0 Å². The predicted octanol–water partition coefficient (Wildman–Crippen LogP) is 5.13. The van der Waals surface area contributed by atoms with Crippen LogP contribution in [0.1, 0.15) is 5.56 Å². The van der Waals surface area contributed by atoms with Crippen LogP contribution in [0.3, 0.4) is 0 Å². The van der Waals surface area contributed by atoms with Gasteiger partial charge in [-0.15, -0.1) is 11.3 Å². The summed E-state index contributed by atoms with van der Waals surface area (Å²) in [4.78, 5) is 4.41. The summed E-state index contributed by atoms with van der Waals surface area (Å²) in [5, 5.41) is 2.59. The number of fused-ring (bicyclic) bond motifs is 3. The van der Waals surface area contributed by atoms with Gasteiger partial charge in [-0.1, -0.05) is 11.6 Å². The zero-order valence-corrected chi connectivity index (χ0v) is 13.0. The average Bonchev–Trinajstić information content (AvgIpc) is 2.63. The lowest BCUT2D eigenvalue weighted by Crippen LogP contribution is -1.81. The fourth-order valence-electron chi connectivity index (χ4n) is 1.82. The van der Waals surface area contributed by atoms with Gasteiger partial charge in [0.2, 0.25) is 0 Å². The molecule has 0 fully saturated rings. The second-order valence-corrected chi connectivity index (χ2v) is 6.63. The maximum absolute atomic E-state index is 4.41. The van der Waals surface area contributed by atoms with Gasteiger partial charge in [-0.3, -0.25) is 0 Å². The van der Waals surface area contributed by atoms with Crippen LogP contribution in [0.2, 0.25) is 0 Å². The summed E-state index contributed by atoms with van der Waals surface area (Å²) in [6.45, 7) is 2.13. The molecule has 4 heteroatoms. The molecule has 0 aliphatic carbocycles. The molecule has 0 radical (unpaired) electrons. The number of hydrogen-bond acceptors (Lipinski definition) is 2. The predicted molar refractivity (Wildman–Crippen MR) is 82.3 cm³/mol. The summed E-state index contributed by atoms with van der Waals surface area (Å²) in [7, 11) is 0. The highest BCUT2D eigenvalue weighted by Crippen LogP contribution is 2.39. The van der Waals surface area contributed by atoms with Gasteiger partial charge in [-0.05, 0) is 57.6 Å². The molecule has 16 heavy (non-hydrogen) atoms. The summed E-state index contributed by atoms with van der Waals surface area (Å²) >= 11 is 7.70. The molecular weight excluding hydrogens is 397 g/mol. The van der Waals surface area contributed by atoms with Gasteiger partial charge in [0.25, 0.3) is 0 Å². The second-order valence-electron chi connectivity index (χ2n) is 3.70. The summed E-state index contributed by atoms with van der Waals surface area (Å²) in [6.07, 6.45) is 1.88. The maximum atomic E-state index is 4.41. The topological polar surface area (TPSA) is 12.9 Å². The third-order valence-corrected chi connectivity index (χ3v) is 5.44. The average molecular weight is 404 g/mol. The Morgan fingerprint density at radius 3 is 3.00 bits per heavy atom. The molecule has 0 amide bonds. The van der Waals surface area contributed by atoms with E-state index in [1.54, 1.807) is 0 Å². The van der Waals surface area contributed by atoms with Crippen molar-refractivity contribution in [3.63, 3.8) is 0 Å². The van der Waals surface area contributed by atoms with Crippen LogP contribution in [0.25, 0.3) is 20.2 Å². The van der Waals surface area contributed by atoms with E-state index < -0.39 is 0 Å². The fraction of sp³-hybridized carbons (Fsp3) is 0.0833. The Bertz CT molecular complexity index is 705. The number of rotatable bonds is 0. The quantitative estimate of drug-likeness (QED) is 0.374.